The number of halogens is 1. The zero-order valence-corrected chi connectivity index (χ0v) is 12.1. The van der Waals surface area contributed by atoms with E-state index in [1.165, 1.54) is 5.56 Å². The molecule has 94 valence electrons. The molecule has 1 heterocycles. The van der Waals surface area contributed by atoms with E-state index in [4.69, 9.17) is 5.73 Å². The first-order valence-electron chi connectivity index (χ1n) is 5.47. The average Bonchev–Trinajstić information content (AvgIpc) is 2.74. The number of anilines is 1. The van der Waals surface area contributed by atoms with Gasteiger partial charge in [0.15, 0.2) is 0 Å². The van der Waals surface area contributed by atoms with Gasteiger partial charge in [0.25, 0.3) is 0 Å². The van der Waals surface area contributed by atoms with Gasteiger partial charge in [0, 0.05) is 12.2 Å². The van der Waals surface area contributed by atoms with Crippen molar-refractivity contribution in [1.29, 1.82) is 0 Å². The van der Waals surface area contributed by atoms with Crippen LogP contribution in [0.3, 0.4) is 0 Å². The fraction of sp³-hybridized carbons (Fsp3) is 0.154. The van der Waals surface area contributed by atoms with Crippen LogP contribution in [0.15, 0.2) is 39.5 Å². The molecule has 1 amide bonds. The van der Waals surface area contributed by atoms with E-state index in [-0.39, 0.29) is 12.3 Å². The normalized spacial score (nSPS) is 10.3. The second-order valence-electron chi connectivity index (χ2n) is 3.95. The molecule has 1 aromatic carbocycles. The van der Waals surface area contributed by atoms with Crippen LogP contribution in [0.1, 0.15) is 11.1 Å². The van der Waals surface area contributed by atoms with Crippen molar-refractivity contribution in [3.05, 3.63) is 50.6 Å². The number of thiophene rings is 1. The molecule has 2 rings (SSSR count). The average molecular weight is 325 g/mol. The number of rotatable bonds is 5. The van der Waals surface area contributed by atoms with E-state index < -0.39 is 0 Å². The van der Waals surface area contributed by atoms with Gasteiger partial charge >= 0.3 is 0 Å². The van der Waals surface area contributed by atoms with Crippen LogP contribution in [-0.4, -0.2) is 5.91 Å². The molecule has 0 saturated carbocycles. The van der Waals surface area contributed by atoms with E-state index in [1.54, 1.807) is 11.3 Å². The minimum Gasteiger partial charge on any atom is -0.381 e. The van der Waals surface area contributed by atoms with Crippen molar-refractivity contribution in [3.8, 4) is 0 Å². The second-order valence-corrected chi connectivity index (χ2v) is 6.24. The number of nitrogens with two attached hydrogens (primary N) is 1. The lowest BCUT2D eigenvalue weighted by molar-refractivity contribution is -0.117. The van der Waals surface area contributed by atoms with E-state index >= 15 is 0 Å². The topological polar surface area (TPSA) is 55.1 Å². The third-order valence-corrected chi connectivity index (χ3v) is 4.00. The molecule has 0 saturated heterocycles. The highest BCUT2D eigenvalue weighted by Gasteiger charge is 2.00. The summed E-state index contributed by atoms with van der Waals surface area (Å²) in [5, 5.41) is 5.43. The molecule has 0 spiro atoms. The van der Waals surface area contributed by atoms with Crippen LogP contribution in [0.4, 0.5) is 5.69 Å². The Bertz CT molecular complexity index is 536. The molecule has 0 bridgehead atoms. The second kappa shape index (κ2) is 6.02. The Hall–Kier alpha value is -1.33. The van der Waals surface area contributed by atoms with Crippen molar-refractivity contribution in [2.45, 2.75) is 13.0 Å². The summed E-state index contributed by atoms with van der Waals surface area (Å²) in [4.78, 5) is 10.8. The highest BCUT2D eigenvalue weighted by molar-refractivity contribution is 9.11. The van der Waals surface area contributed by atoms with Crippen LogP contribution >= 0.6 is 27.3 Å². The lowest BCUT2D eigenvalue weighted by atomic mass is 10.1. The molecule has 0 atom stereocenters. The van der Waals surface area contributed by atoms with Crippen LogP contribution < -0.4 is 11.1 Å². The molecule has 0 aliphatic rings. The zero-order valence-electron chi connectivity index (χ0n) is 9.65. The third-order valence-electron chi connectivity index (χ3n) is 2.45. The Morgan fingerprint density at radius 1 is 1.28 bits per heavy atom. The van der Waals surface area contributed by atoms with Crippen molar-refractivity contribution in [2.75, 3.05) is 5.32 Å². The minimum atomic E-state index is -0.307. The van der Waals surface area contributed by atoms with Crippen LogP contribution in [0.5, 0.6) is 0 Å². The molecule has 2 aromatic rings. The lowest BCUT2D eigenvalue weighted by Gasteiger charge is -2.05. The summed E-state index contributed by atoms with van der Waals surface area (Å²) in [6.07, 6.45) is 0.289. The number of amides is 1. The van der Waals surface area contributed by atoms with Gasteiger partial charge in [-0.05, 0) is 50.6 Å². The molecular weight excluding hydrogens is 312 g/mol. The Kier molecular flexibility index (Phi) is 4.38. The minimum absolute atomic E-state index is 0.289. The number of benzene rings is 1. The number of carbonyl (C=O) groups excluding carboxylic acids is 1. The molecule has 0 aliphatic heterocycles. The molecular formula is C13H13BrN2OS. The Labute approximate surface area is 118 Å². The van der Waals surface area contributed by atoms with E-state index in [0.29, 0.717) is 0 Å². The standard InChI is InChI=1S/C13H13BrN2OS/c14-12-5-10(8-18-12)7-16-11-3-1-9(2-4-11)6-13(15)17/h1-5,8,16H,6-7H2,(H2,15,17). The number of hydrogen-bond donors (Lipinski definition) is 2. The first-order valence-corrected chi connectivity index (χ1v) is 7.15. The van der Waals surface area contributed by atoms with Crippen molar-refractivity contribution in [3.63, 3.8) is 0 Å². The molecule has 0 unspecified atom stereocenters. The van der Waals surface area contributed by atoms with Gasteiger partial charge < -0.3 is 11.1 Å². The summed E-state index contributed by atoms with van der Waals surface area (Å²) in [5.41, 5.74) is 8.35. The quantitative estimate of drug-likeness (QED) is 0.887. The van der Waals surface area contributed by atoms with E-state index in [1.807, 2.05) is 24.3 Å². The summed E-state index contributed by atoms with van der Waals surface area (Å²) in [7, 11) is 0. The predicted molar refractivity (Wildman–Crippen MR) is 78.7 cm³/mol. The fourth-order valence-corrected chi connectivity index (χ4v) is 2.79. The lowest BCUT2D eigenvalue weighted by Crippen LogP contribution is -2.13. The maximum absolute atomic E-state index is 10.8. The molecule has 0 fully saturated rings. The predicted octanol–water partition coefficient (Wildman–Crippen LogP) is 3.15. The van der Waals surface area contributed by atoms with Crippen LogP contribution in [0.25, 0.3) is 0 Å². The molecule has 3 nitrogen and oxygen atoms in total. The van der Waals surface area contributed by atoms with Gasteiger partial charge in [-0.2, -0.15) is 0 Å². The zero-order chi connectivity index (χ0) is 13.0. The van der Waals surface area contributed by atoms with Crippen molar-refractivity contribution in [1.82, 2.24) is 0 Å². The first kappa shape index (κ1) is 13.1. The van der Waals surface area contributed by atoms with Crippen molar-refractivity contribution < 1.29 is 4.79 Å². The van der Waals surface area contributed by atoms with E-state index in [0.717, 1.165) is 21.6 Å². The summed E-state index contributed by atoms with van der Waals surface area (Å²) < 4.78 is 1.14. The van der Waals surface area contributed by atoms with Gasteiger partial charge in [0.2, 0.25) is 5.91 Å². The number of nitrogens with one attached hydrogen (secondary N) is 1. The molecule has 0 radical (unpaired) electrons. The maximum Gasteiger partial charge on any atom is 0.221 e. The largest absolute Gasteiger partial charge is 0.381 e. The fourth-order valence-electron chi connectivity index (χ4n) is 1.58. The molecule has 18 heavy (non-hydrogen) atoms. The molecule has 5 heteroatoms. The maximum atomic E-state index is 10.8. The summed E-state index contributed by atoms with van der Waals surface area (Å²) in [5.74, 6) is -0.307. The Balaban J connectivity index is 1.92. The van der Waals surface area contributed by atoms with Crippen LogP contribution in [0.2, 0.25) is 0 Å². The summed E-state index contributed by atoms with van der Waals surface area (Å²) in [6, 6.07) is 9.84. The van der Waals surface area contributed by atoms with Crippen molar-refractivity contribution in [2.24, 2.45) is 5.73 Å². The molecule has 1 aromatic heterocycles. The van der Waals surface area contributed by atoms with Gasteiger partial charge in [0.05, 0.1) is 10.2 Å². The monoisotopic (exact) mass is 324 g/mol. The highest BCUT2D eigenvalue weighted by atomic mass is 79.9. The summed E-state index contributed by atoms with van der Waals surface area (Å²) >= 11 is 5.11. The number of carbonyl (C=O) groups is 1. The van der Waals surface area contributed by atoms with Crippen molar-refractivity contribution >= 4 is 38.9 Å². The van der Waals surface area contributed by atoms with Gasteiger partial charge in [-0.1, -0.05) is 12.1 Å². The van der Waals surface area contributed by atoms with Gasteiger partial charge in [-0.25, -0.2) is 0 Å². The summed E-state index contributed by atoms with van der Waals surface area (Å²) in [6.45, 7) is 0.789. The van der Waals surface area contributed by atoms with E-state index in [2.05, 4.69) is 32.7 Å². The molecule has 3 N–H and O–H groups in total. The smallest absolute Gasteiger partial charge is 0.221 e. The first-order chi connectivity index (χ1) is 8.63. The molecule has 0 aliphatic carbocycles. The van der Waals surface area contributed by atoms with E-state index in [9.17, 15) is 4.79 Å². The number of hydrogen-bond acceptors (Lipinski definition) is 3. The number of primary amides is 1. The van der Waals surface area contributed by atoms with Crippen LogP contribution in [-0.2, 0) is 17.8 Å². The van der Waals surface area contributed by atoms with Gasteiger partial charge in [-0.15, -0.1) is 11.3 Å². The SMILES string of the molecule is NC(=O)Cc1ccc(NCc2csc(Br)c2)cc1. The van der Waals surface area contributed by atoms with Crippen LogP contribution in [0, 0.1) is 0 Å². The Morgan fingerprint density at radius 2 is 2.00 bits per heavy atom. The van der Waals surface area contributed by atoms with Gasteiger partial charge in [0.1, 0.15) is 0 Å². The third kappa shape index (κ3) is 3.85. The highest BCUT2D eigenvalue weighted by Crippen LogP contribution is 2.21. The van der Waals surface area contributed by atoms with Gasteiger partial charge in [-0.3, -0.25) is 4.79 Å². The Morgan fingerprint density at radius 3 is 2.56 bits per heavy atom.